The van der Waals surface area contributed by atoms with Gasteiger partial charge >= 0.3 is 5.63 Å². The van der Waals surface area contributed by atoms with E-state index in [1.807, 2.05) is 18.2 Å². The Kier molecular flexibility index (Phi) is 3.32. The zero-order valence-electron chi connectivity index (χ0n) is 13.0. The molecule has 1 aromatic heterocycles. The topological polar surface area (TPSA) is 36.7 Å². The van der Waals surface area contributed by atoms with Gasteiger partial charge in [0.2, 0.25) is 0 Å². The van der Waals surface area contributed by atoms with Gasteiger partial charge in [0.1, 0.15) is 11.3 Å². The van der Waals surface area contributed by atoms with E-state index in [0.29, 0.717) is 11.6 Å². The fraction of sp³-hybridized carbons (Fsp3) is 0.500. The summed E-state index contributed by atoms with van der Waals surface area (Å²) in [4.78, 5) is 17.3. The first-order valence-corrected chi connectivity index (χ1v) is 8.33. The zero-order valence-corrected chi connectivity index (χ0v) is 13.0. The fourth-order valence-corrected chi connectivity index (χ4v) is 3.67. The molecule has 1 unspecified atom stereocenters. The molecule has 4 rings (SSSR count). The Hall–Kier alpha value is -1.97. The highest BCUT2D eigenvalue weighted by atomic mass is 16.4. The lowest BCUT2D eigenvalue weighted by Crippen LogP contribution is -2.44. The maximum Gasteiger partial charge on any atom is 0.362 e. The number of hydrogen-bond donors (Lipinski definition) is 0. The number of piperidine rings is 1. The van der Waals surface area contributed by atoms with E-state index in [2.05, 4.69) is 22.8 Å². The maximum absolute atomic E-state index is 12.7. The Morgan fingerprint density at radius 1 is 1.05 bits per heavy atom. The minimum Gasteiger partial charge on any atom is -0.421 e. The summed E-state index contributed by atoms with van der Waals surface area (Å²) in [6, 6.07) is 8.31. The highest BCUT2D eigenvalue weighted by Crippen LogP contribution is 2.38. The van der Waals surface area contributed by atoms with Gasteiger partial charge < -0.3 is 14.2 Å². The van der Waals surface area contributed by atoms with E-state index in [1.54, 1.807) is 0 Å². The molecule has 4 nitrogen and oxygen atoms in total. The van der Waals surface area contributed by atoms with Crippen LogP contribution in [0.15, 0.2) is 33.5 Å². The number of anilines is 2. The van der Waals surface area contributed by atoms with Crippen molar-refractivity contribution < 1.29 is 4.42 Å². The lowest BCUT2D eigenvalue weighted by molar-refractivity contribution is 0.471. The average Bonchev–Trinajstić information content (AvgIpc) is 2.47. The molecule has 2 aliphatic rings. The molecule has 2 saturated heterocycles. The fourth-order valence-electron chi connectivity index (χ4n) is 3.67. The van der Waals surface area contributed by atoms with Crippen LogP contribution < -0.4 is 15.4 Å². The molecule has 0 bridgehead atoms. The summed E-state index contributed by atoms with van der Waals surface area (Å²) < 4.78 is 5.63. The largest absolute Gasteiger partial charge is 0.421 e. The molecule has 0 radical (unpaired) electrons. The van der Waals surface area contributed by atoms with E-state index in [4.69, 9.17) is 4.42 Å². The van der Waals surface area contributed by atoms with Crippen molar-refractivity contribution >= 4 is 22.3 Å². The number of rotatable bonds is 2. The smallest absolute Gasteiger partial charge is 0.362 e. The van der Waals surface area contributed by atoms with Gasteiger partial charge in [-0.3, -0.25) is 0 Å². The second-order valence-corrected chi connectivity index (χ2v) is 6.46. The van der Waals surface area contributed by atoms with Gasteiger partial charge in [-0.15, -0.1) is 0 Å². The van der Waals surface area contributed by atoms with Crippen LogP contribution in [0.2, 0.25) is 0 Å². The summed E-state index contributed by atoms with van der Waals surface area (Å²) in [5.41, 5.74) is 2.38. The van der Waals surface area contributed by atoms with E-state index in [9.17, 15) is 4.79 Å². The van der Waals surface area contributed by atoms with Crippen molar-refractivity contribution in [2.75, 3.05) is 29.4 Å². The molecule has 0 spiro atoms. The third-order valence-electron chi connectivity index (χ3n) is 5.02. The number of hydrogen-bond acceptors (Lipinski definition) is 4. The van der Waals surface area contributed by atoms with Crippen LogP contribution in [-0.2, 0) is 0 Å². The monoisotopic (exact) mass is 298 g/mol. The number of nitrogens with zero attached hydrogens (tertiary/aromatic N) is 2. The average molecular weight is 298 g/mol. The molecule has 4 heteroatoms. The molecule has 3 heterocycles. The Morgan fingerprint density at radius 3 is 2.59 bits per heavy atom. The van der Waals surface area contributed by atoms with Crippen LogP contribution in [-0.4, -0.2) is 25.7 Å². The molecule has 2 aromatic rings. The molecule has 1 atom stereocenters. The Bertz CT molecular complexity index is 748. The summed E-state index contributed by atoms with van der Waals surface area (Å²) in [7, 11) is 0. The summed E-state index contributed by atoms with van der Waals surface area (Å²) >= 11 is 0. The predicted molar refractivity (Wildman–Crippen MR) is 90.0 cm³/mol. The number of fused-ring (bicyclic) bond motifs is 1. The van der Waals surface area contributed by atoms with Crippen molar-refractivity contribution in [2.45, 2.75) is 38.6 Å². The van der Waals surface area contributed by atoms with Crippen LogP contribution >= 0.6 is 0 Å². The Labute approximate surface area is 130 Å². The zero-order chi connectivity index (χ0) is 15.1. The highest BCUT2D eigenvalue weighted by molar-refractivity contribution is 5.97. The van der Waals surface area contributed by atoms with Crippen LogP contribution in [0.4, 0.5) is 11.4 Å². The first kappa shape index (κ1) is 13.7. The van der Waals surface area contributed by atoms with E-state index < -0.39 is 0 Å². The third kappa shape index (κ3) is 2.09. The summed E-state index contributed by atoms with van der Waals surface area (Å²) in [5, 5.41) is 1.06. The SMILES string of the molecule is CC1CCCCN1c1c(N2CCC2)c2ccccc2oc1=O. The summed E-state index contributed by atoms with van der Waals surface area (Å²) in [6.45, 7) is 5.23. The minimum absolute atomic E-state index is 0.186. The van der Waals surface area contributed by atoms with E-state index >= 15 is 0 Å². The molecule has 0 saturated carbocycles. The van der Waals surface area contributed by atoms with Crippen LogP contribution in [0.5, 0.6) is 0 Å². The van der Waals surface area contributed by atoms with Gasteiger partial charge in [-0.1, -0.05) is 12.1 Å². The standard InChI is InChI=1S/C18H22N2O2/c1-13-7-4-5-12-20(13)17-16(19-10-6-11-19)14-8-2-3-9-15(14)22-18(17)21/h2-3,8-9,13H,4-7,10-12H2,1H3. The van der Waals surface area contributed by atoms with Crippen LogP contribution in [0, 0.1) is 0 Å². The highest BCUT2D eigenvalue weighted by Gasteiger charge is 2.30. The molecule has 2 fully saturated rings. The third-order valence-corrected chi connectivity index (χ3v) is 5.02. The summed E-state index contributed by atoms with van der Waals surface area (Å²) in [5.74, 6) is 0. The lowest BCUT2D eigenvalue weighted by Gasteiger charge is -2.40. The first-order chi connectivity index (χ1) is 10.8. The predicted octanol–water partition coefficient (Wildman–Crippen LogP) is 3.38. The molecule has 1 aromatic carbocycles. The summed E-state index contributed by atoms with van der Waals surface area (Å²) in [6.07, 6.45) is 4.74. The normalized spacial score (nSPS) is 22.0. The van der Waals surface area contributed by atoms with Crippen molar-refractivity contribution in [3.05, 3.63) is 34.7 Å². The van der Waals surface area contributed by atoms with Crippen LogP contribution in [0.3, 0.4) is 0 Å². The molecule has 0 amide bonds. The van der Waals surface area contributed by atoms with E-state index in [1.165, 1.54) is 12.8 Å². The van der Waals surface area contributed by atoms with Crippen molar-refractivity contribution in [2.24, 2.45) is 0 Å². The van der Waals surface area contributed by atoms with Crippen LogP contribution in [0.25, 0.3) is 11.0 Å². The molecule has 0 aliphatic carbocycles. The number of benzene rings is 1. The molecular formula is C18H22N2O2. The molecule has 22 heavy (non-hydrogen) atoms. The van der Waals surface area contributed by atoms with Crippen molar-refractivity contribution in [3.8, 4) is 0 Å². The molecule has 0 N–H and O–H groups in total. The van der Waals surface area contributed by atoms with E-state index in [0.717, 1.165) is 49.2 Å². The molecule has 2 aliphatic heterocycles. The van der Waals surface area contributed by atoms with Gasteiger partial charge in [0.25, 0.3) is 0 Å². The molecular weight excluding hydrogens is 276 g/mol. The first-order valence-electron chi connectivity index (χ1n) is 8.33. The molecule has 116 valence electrons. The van der Waals surface area contributed by atoms with Crippen LogP contribution in [0.1, 0.15) is 32.6 Å². The van der Waals surface area contributed by atoms with Crippen molar-refractivity contribution in [1.29, 1.82) is 0 Å². The maximum atomic E-state index is 12.7. The van der Waals surface area contributed by atoms with E-state index in [-0.39, 0.29) is 5.63 Å². The Balaban J connectivity index is 1.95. The second kappa shape index (κ2) is 5.34. The number of para-hydroxylation sites is 1. The minimum atomic E-state index is -0.186. The van der Waals surface area contributed by atoms with Gasteiger partial charge in [-0.05, 0) is 44.7 Å². The second-order valence-electron chi connectivity index (χ2n) is 6.46. The Morgan fingerprint density at radius 2 is 1.86 bits per heavy atom. The van der Waals surface area contributed by atoms with Crippen molar-refractivity contribution in [1.82, 2.24) is 0 Å². The van der Waals surface area contributed by atoms with Gasteiger partial charge in [0.15, 0.2) is 0 Å². The van der Waals surface area contributed by atoms with Crippen molar-refractivity contribution in [3.63, 3.8) is 0 Å². The van der Waals surface area contributed by atoms with Gasteiger partial charge in [-0.25, -0.2) is 4.79 Å². The lowest BCUT2D eigenvalue weighted by atomic mass is 10.0. The quantitative estimate of drug-likeness (QED) is 0.796. The van der Waals surface area contributed by atoms with Gasteiger partial charge in [-0.2, -0.15) is 0 Å². The van der Waals surface area contributed by atoms with Gasteiger partial charge in [0, 0.05) is 31.1 Å². The van der Waals surface area contributed by atoms with Gasteiger partial charge in [0.05, 0.1) is 5.69 Å².